The minimum atomic E-state index is 0.510. The lowest BCUT2D eigenvalue weighted by Gasteiger charge is -2.36. The van der Waals surface area contributed by atoms with Crippen LogP contribution in [0.15, 0.2) is 11.6 Å². The van der Waals surface area contributed by atoms with Crippen LogP contribution in [0.25, 0.3) is 0 Å². The average molecular weight is 341 g/mol. The molecule has 116 valence electrons. The first kappa shape index (κ1) is 16.6. The van der Waals surface area contributed by atoms with Crippen LogP contribution in [0.2, 0.25) is 0 Å². The number of hydrogen-bond acceptors (Lipinski definition) is 0. The molecule has 0 aliphatic heterocycles. The maximum absolute atomic E-state index is 3.75. The predicted molar refractivity (Wildman–Crippen MR) is 93.4 cm³/mol. The molecular weight excluding hydrogens is 308 g/mol. The maximum Gasteiger partial charge on any atom is 0.0244 e. The third kappa shape index (κ3) is 4.61. The van der Waals surface area contributed by atoms with Gasteiger partial charge >= 0.3 is 0 Å². The first-order valence-electron chi connectivity index (χ1n) is 8.77. The summed E-state index contributed by atoms with van der Waals surface area (Å²) in [5, 5.41) is 1.11. The number of halogens is 1. The Morgan fingerprint density at radius 1 is 0.950 bits per heavy atom. The summed E-state index contributed by atoms with van der Waals surface area (Å²) < 4.78 is 0. The van der Waals surface area contributed by atoms with Crippen molar-refractivity contribution in [1.82, 2.24) is 0 Å². The summed E-state index contributed by atoms with van der Waals surface area (Å²) >= 11 is 3.75. The Morgan fingerprint density at radius 2 is 1.55 bits per heavy atom. The second kappa shape index (κ2) is 7.47. The van der Waals surface area contributed by atoms with Gasteiger partial charge in [0.25, 0.3) is 0 Å². The molecule has 0 nitrogen and oxygen atoms in total. The highest BCUT2D eigenvalue weighted by Gasteiger charge is 2.29. The van der Waals surface area contributed by atoms with Crippen LogP contribution in [0.3, 0.4) is 0 Å². The molecule has 2 aliphatic carbocycles. The molecule has 0 unspecified atom stereocenters. The minimum absolute atomic E-state index is 0.510. The van der Waals surface area contributed by atoms with Gasteiger partial charge in [0.15, 0.2) is 0 Å². The van der Waals surface area contributed by atoms with Crippen molar-refractivity contribution in [3.63, 3.8) is 0 Å². The Bertz CT molecular complexity index is 309. The minimum Gasteiger partial charge on any atom is -0.0880 e. The molecule has 0 amide bonds. The van der Waals surface area contributed by atoms with Gasteiger partial charge in [0.2, 0.25) is 0 Å². The zero-order chi connectivity index (χ0) is 14.6. The molecule has 0 aromatic heterocycles. The second-order valence-electron chi connectivity index (χ2n) is 8.19. The van der Waals surface area contributed by atoms with Crippen LogP contribution in [0, 0.1) is 23.2 Å². The molecule has 0 aromatic carbocycles. The molecule has 0 N–H and O–H groups in total. The topological polar surface area (TPSA) is 0 Å². The smallest absolute Gasteiger partial charge is 0.0244 e. The fourth-order valence-electron chi connectivity index (χ4n) is 4.22. The summed E-state index contributed by atoms with van der Waals surface area (Å²) in [7, 11) is 0. The van der Waals surface area contributed by atoms with E-state index >= 15 is 0 Å². The van der Waals surface area contributed by atoms with E-state index in [1.165, 1.54) is 57.8 Å². The molecular formula is C19H33Br. The standard InChI is InChI=1S/C19H33Br/c1-19(2,3)18-11-9-15(10-12-18)13-17(14-20)16-7-5-4-6-8-16/h13,15-16,18H,4-12,14H2,1-3H3/b17-13-. The van der Waals surface area contributed by atoms with Crippen molar-refractivity contribution in [2.75, 3.05) is 5.33 Å². The van der Waals surface area contributed by atoms with E-state index in [0.29, 0.717) is 5.41 Å². The molecule has 20 heavy (non-hydrogen) atoms. The average Bonchev–Trinajstić information content (AvgIpc) is 2.45. The Labute approximate surface area is 134 Å². The van der Waals surface area contributed by atoms with E-state index in [1.54, 1.807) is 5.57 Å². The molecule has 2 rings (SSSR count). The second-order valence-corrected chi connectivity index (χ2v) is 8.75. The van der Waals surface area contributed by atoms with Crippen molar-refractivity contribution in [1.29, 1.82) is 0 Å². The quantitative estimate of drug-likeness (QED) is 0.394. The molecule has 0 aromatic rings. The van der Waals surface area contributed by atoms with Gasteiger partial charge < -0.3 is 0 Å². The summed E-state index contributed by atoms with van der Waals surface area (Å²) in [6.45, 7) is 7.25. The zero-order valence-corrected chi connectivity index (χ0v) is 15.3. The molecule has 2 fully saturated rings. The molecule has 0 heterocycles. The van der Waals surface area contributed by atoms with Crippen LogP contribution in [0.5, 0.6) is 0 Å². The summed E-state index contributed by atoms with van der Waals surface area (Å²) in [6.07, 6.45) is 15.6. The molecule has 0 radical (unpaired) electrons. The van der Waals surface area contributed by atoms with Gasteiger partial charge in [-0.15, -0.1) is 0 Å². The van der Waals surface area contributed by atoms with E-state index < -0.39 is 0 Å². The van der Waals surface area contributed by atoms with Crippen molar-refractivity contribution >= 4 is 15.9 Å². The number of hydrogen-bond donors (Lipinski definition) is 0. The monoisotopic (exact) mass is 340 g/mol. The van der Waals surface area contributed by atoms with Gasteiger partial charge in [-0.3, -0.25) is 0 Å². The highest BCUT2D eigenvalue weighted by Crippen LogP contribution is 2.41. The Morgan fingerprint density at radius 3 is 2.05 bits per heavy atom. The summed E-state index contributed by atoms with van der Waals surface area (Å²) in [5.41, 5.74) is 2.24. The zero-order valence-electron chi connectivity index (χ0n) is 13.8. The van der Waals surface area contributed by atoms with E-state index in [0.717, 1.165) is 23.1 Å². The molecule has 0 atom stereocenters. The van der Waals surface area contributed by atoms with E-state index in [-0.39, 0.29) is 0 Å². The Balaban J connectivity index is 1.90. The largest absolute Gasteiger partial charge is 0.0880 e. The lowest BCUT2D eigenvalue weighted by atomic mass is 9.69. The van der Waals surface area contributed by atoms with Crippen LogP contribution < -0.4 is 0 Å². The summed E-state index contributed by atoms with van der Waals surface area (Å²) in [5.74, 6) is 2.70. The Hall–Kier alpha value is 0.220. The molecule has 0 bridgehead atoms. The molecule has 0 spiro atoms. The van der Waals surface area contributed by atoms with E-state index in [9.17, 15) is 0 Å². The van der Waals surface area contributed by atoms with Gasteiger partial charge in [-0.1, -0.05) is 67.6 Å². The fraction of sp³-hybridized carbons (Fsp3) is 0.895. The molecule has 2 saturated carbocycles. The SMILES string of the molecule is CC(C)(C)C1CCC(/C=C(/CBr)C2CCCCC2)CC1. The highest BCUT2D eigenvalue weighted by molar-refractivity contribution is 9.09. The van der Waals surface area contributed by atoms with Crippen molar-refractivity contribution in [3.05, 3.63) is 11.6 Å². The normalized spacial score (nSPS) is 30.5. The van der Waals surface area contributed by atoms with Crippen LogP contribution in [0.1, 0.15) is 78.6 Å². The van der Waals surface area contributed by atoms with Crippen LogP contribution in [-0.2, 0) is 0 Å². The van der Waals surface area contributed by atoms with Gasteiger partial charge in [-0.05, 0) is 61.7 Å². The van der Waals surface area contributed by atoms with Gasteiger partial charge in [0, 0.05) is 5.33 Å². The highest BCUT2D eigenvalue weighted by atomic mass is 79.9. The molecule has 2 aliphatic rings. The maximum atomic E-state index is 3.75. The Kier molecular flexibility index (Phi) is 6.20. The van der Waals surface area contributed by atoms with Crippen LogP contribution in [-0.4, -0.2) is 5.33 Å². The number of rotatable bonds is 3. The van der Waals surface area contributed by atoms with Gasteiger partial charge in [-0.25, -0.2) is 0 Å². The van der Waals surface area contributed by atoms with E-state index in [1.807, 2.05) is 0 Å². The summed E-state index contributed by atoms with van der Waals surface area (Å²) in [4.78, 5) is 0. The van der Waals surface area contributed by atoms with Gasteiger partial charge in [0.1, 0.15) is 0 Å². The third-order valence-electron chi connectivity index (χ3n) is 5.73. The summed E-state index contributed by atoms with van der Waals surface area (Å²) in [6, 6.07) is 0. The number of alkyl halides is 1. The predicted octanol–water partition coefficient (Wildman–Crippen LogP) is 6.74. The van der Waals surface area contributed by atoms with Gasteiger partial charge in [-0.2, -0.15) is 0 Å². The van der Waals surface area contributed by atoms with Crippen molar-refractivity contribution in [3.8, 4) is 0 Å². The van der Waals surface area contributed by atoms with E-state index in [2.05, 4.69) is 42.8 Å². The lowest BCUT2D eigenvalue weighted by molar-refractivity contribution is 0.162. The van der Waals surface area contributed by atoms with Crippen molar-refractivity contribution in [2.45, 2.75) is 78.6 Å². The first-order valence-corrected chi connectivity index (χ1v) is 9.89. The molecule has 1 heteroatoms. The number of allylic oxidation sites excluding steroid dienone is 2. The third-order valence-corrected chi connectivity index (χ3v) is 6.38. The van der Waals surface area contributed by atoms with Crippen LogP contribution in [0.4, 0.5) is 0 Å². The fourth-order valence-corrected chi connectivity index (χ4v) is 4.86. The molecule has 0 saturated heterocycles. The first-order chi connectivity index (χ1) is 9.50. The van der Waals surface area contributed by atoms with Crippen molar-refractivity contribution in [2.24, 2.45) is 23.2 Å². The van der Waals surface area contributed by atoms with Crippen molar-refractivity contribution < 1.29 is 0 Å². The van der Waals surface area contributed by atoms with Gasteiger partial charge in [0.05, 0.1) is 0 Å². The lowest BCUT2D eigenvalue weighted by Crippen LogP contribution is -2.25. The van der Waals surface area contributed by atoms with E-state index in [4.69, 9.17) is 0 Å². The van der Waals surface area contributed by atoms with Crippen LogP contribution >= 0.6 is 15.9 Å².